The number of hydrogen-bond donors (Lipinski definition) is 3. The van der Waals surface area contributed by atoms with Gasteiger partial charge in [-0.15, -0.1) is 0 Å². The van der Waals surface area contributed by atoms with Crippen LogP contribution in [-0.4, -0.2) is 21.4 Å². The number of rotatable bonds is 0. The van der Waals surface area contributed by atoms with E-state index in [0.717, 1.165) is 54.6 Å². The van der Waals surface area contributed by atoms with Crippen molar-refractivity contribution in [3.05, 3.63) is 70.9 Å². The quantitative estimate of drug-likeness (QED) is 0.465. The molecule has 25 heavy (non-hydrogen) atoms. The van der Waals surface area contributed by atoms with E-state index >= 15 is 0 Å². The molecule has 0 radical (unpaired) electrons. The molecule has 2 aliphatic carbocycles. The molecule has 6 rings (SSSR count). The normalized spacial score (nSPS) is 20.5. The van der Waals surface area contributed by atoms with Crippen LogP contribution in [-0.2, 0) is 0 Å². The highest BCUT2D eigenvalue weighted by Crippen LogP contribution is 2.47. The third-order valence-electron chi connectivity index (χ3n) is 5.71. The standard InChI is InChI=1S/C22H14O3/c23-15-6-2-5-12-17(15)14-9-11-4-1-3-10-7-8-13-18(16(10)11)19(14)20(12)22(25)21(13)24/h1-9,21-25H/t21-,22-/m1/s1. The molecule has 2 aliphatic rings. The maximum absolute atomic E-state index is 10.8. The van der Waals surface area contributed by atoms with Gasteiger partial charge in [-0.2, -0.15) is 0 Å². The first-order valence-corrected chi connectivity index (χ1v) is 8.38. The van der Waals surface area contributed by atoms with Crippen molar-refractivity contribution in [3.8, 4) is 16.9 Å². The number of hydrogen-bond acceptors (Lipinski definition) is 3. The Morgan fingerprint density at radius 3 is 2.40 bits per heavy atom. The molecule has 3 nitrogen and oxygen atoms in total. The topological polar surface area (TPSA) is 60.7 Å². The van der Waals surface area contributed by atoms with Crippen molar-refractivity contribution in [2.75, 3.05) is 0 Å². The zero-order valence-electron chi connectivity index (χ0n) is 13.2. The average Bonchev–Trinajstić information content (AvgIpc) is 2.96. The monoisotopic (exact) mass is 326 g/mol. The Kier molecular flexibility index (Phi) is 2.25. The summed E-state index contributed by atoms with van der Waals surface area (Å²) in [6, 6.07) is 17.5. The van der Waals surface area contributed by atoms with Crippen molar-refractivity contribution in [1.82, 2.24) is 0 Å². The molecule has 4 aromatic rings. The first kappa shape index (κ1) is 13.4. The molecule has 0 fully saturated rings. The van der Waals surface area contributed by atoms with Crippen molar-refractivity contribution < 1.29 is 15.3 Å². The van der Waals surface area contributed by atoms with Gasteiger partial charge in [-0.25, -0.2) is 0 Å². The first-order chi connectivity index (χ1) is 12.2. The Hall–Kier alpha value is -2.88. The molecule has 0 unspecified atom stereocenters. The molecule has 0 saturated heterocycles. The fourth-order valence-electron chi connectivity index (χ4n) is 4.72. The summed E-state index contributed by atoms with van der Waals surface area (Å²) < 4.78 is 0. The summed E-state index contributed by atoms with van der Waals surface area (Å²) in [6.45, 7) is 0. The molecule has 120 valence electrons. The highest BCUT2D eigenvalue weighted by molar-refractivity contribution is 6.17. The lowest BCUT2D eigenvalue weighted by Gasteiger charge is -2.27. The van der Waals surface area contributed by atoms with E-state index in [2.05, 4.69) is 18.2 Å². The van der Waals surface area contributed by atoms with Gasteiger partial charge in [0.2, 0.25) is 0 Å². The third-order valence-corrected chi connectivity index (χ3v) is 5.71. The molecule has 3 N–H and O–H groups in total. The molecular weight excluding hydrogens is 312 g/mol. The summed E-state index contributed by atoms with van der Waals surface area (Å²) >= 11 is 0. The summed E-state index contributed by atoms with van der Waals surface area (Å²) in [6.07, 6.45) is -1.98. The molecule has 0 spiro atoms. The van der Waals surface area contributed by atoms with Crippen LogP contribution in [0, 0.1) is 0 Å². The third kappa shape index (κ3) is 1.41. The van der Waals surface area contributed by atoms with Gasteiger partial charge in [0.25, 0.3) is 0 Å². The summed E-state index contributed by atoms with van der Waals surface area (Å²) in [7, 11) is 0. The molecule has 0 aromatic heterocycles. The number of benzene rings is 4. The summed E-state index contributed by atoms with van der Waals surface area (Å²) in [4.78, 5) is 0. The van der Waals surface area contributed by atoms with Crippen molar-refractivity contribution in [1.29, 1.82) is 0 Å². The van der Waals surface area contributed by atoms with Crippen LogP contribution in [0.1, 0.15) is 17.2 Å². The van der Waals surface area contributed by atoms with Crippen LogP contribution in [0.25, 0.3) is 38.2 Å². The predicted molar refractivity (Wildman–Crippen MR) is 97.2 cm³/mol. The van der Waals surface area contributed by atoms with Gasteiger partial charge in [-0.05, 0) is 61.2 Å². The number of aromatic hydroxyl groups is 1. The van der Waals surface area contributed by atoms with Gasteiger partial charge in [0, 0.05) is 5.56 Å². The minimum Gasteiger partial charge on any atom is -0.507 e. The van der Waals surface area contributed by atoms with Gasteiger partial charge < -0.3 is 15.3 Å². The molecule has 0 bridgehead atoms. The Morgan fingerprint density at radius 2 is 1.52 bits per heavy atom. The van der Waals surface area contributed by atoms with Crippen molar-refractivity contribution in [2.45, 2.75) is 12.2 Å². The van der Waals surface area contributed by atoms with E-state index in [1.807, 2.05) is 24.3 Å². The Bertz CT molecular complexity index is 1290. The first-order valence-electron chi connectivity index (χ1n) is 8.38. The summed E-state index contributed by atoms with van der Waals surface area (Å²) in [5, 5.41) is 37.3. The molecule has 0 saturated carbocycles. The fraction of sp³-hybridized carbons (Fsp3) is 0.0909. The van der Waals surface area contributed by atoms with Gasteiger partial charge >= 0.3 is 0 Å². The van der Waals surface area contributed by atoms with Crippen LogP contribution in [0.2, 0.25) is 0 Å². The smallest absolute Gasteiger partial charge is 0.124 e. The average molecular weight is 326 g/mol. The Morgan fingerprint density at radius 1 is 0.720 bits per heavy atom. The predicted octanol–water partition coefficient (Wildman–Crippen LogP) is 3.00. The van der Waals surface area contributed by atoms with Crippen molar-refractivity contribution in [2.24, 2.45) is 0 Å². The maximum atomic E-state index is 10.8. The van der Waals surface area contributed by atoms with Crippen LogP contribution in [0.15, 0.2) is 54.6 Å². The number of aliphatic hydroxyl groups excluding tert-OH is 2. The molecular formula is C22H14O3. The number of fused-ring (bicyclic) bond motifs is 3. The van der Waals surface area contributed by atoms with E-state index in [9.17, 15) is 15.3 Å². The number of aliphatic hydroxyl groups is 2. The maximum Gasteiger partial charge on any atom is 0.124 e. The van der Waals surface area contributed by atoms with Crippen LogP contribution in [0.5, 0.6) is 5.75 Å². The lowest BCUT2D eigenvalue weighted by molar-refractivity contribution is 0.0538. The molecule has 3 heteroatoms. The van der Waals surface area contributed by atoms with E-state index in [0.29, 0.717) is 0 Å². The largest absolute Gasteiger partial charge is 0.507 e. The molecule has 0 heterocycles. The second-order valence-electron chi connectivity index (χ2n) is 6.91. The van der Waals surface area contributed by atoms with Gasteiger partial charge in [-0.1, -0.05) is 42.5 Å². The van der Waals surface area contributed by atoms with Crippen molar-refractivity contribution in [3.63, 3.8) is 0 Å². The lowest BCUT2D eigenvalue weighted by atomic mass is 9.83. The fourth-order valence-corrected chi connectivity index (χ4v) is 4.72. The Balaban J connectivity index is 1.99. The van der Waals surface area contributed by atoms with Gasteiger partial charge in [-0.3, -0.25) is 0 Å². The zero-order valence-corrected chi connectivity index (χ0v) is 13.2. The van der Waals surface area contributed by atoms with Crippen molar-refractivity contribution >= 4 is 27.1 Å². The minimum atomic E-state index is -1.00. The van der Waals surface area contributed by atoms with E-state index in [1.54, 1.807) is 12.1 Å². The van der Waals surface area contributed by atoms with E-state index in [-0.39, 0.29) is 5.75 Å². The number of phenols is 1. The van der Waals surface area contributed by atoms with E-state index < -0.39 is 12.2 Å². The second kappa shape index (κ2) is 4.20. The van der Waals surface area contributed by atoms with Crippen LogP contribution in [0.3, 0.4) is 0 Å². The Labute approximate surface area is 143 Å². The summed E-state index contributed by atoms with van der Waals surface area (Å²) in [5.41, 5.74) is 3.96. The molecule has 2 atom stereocenters. The zero-order chi connectivity index (χ0) is 16.9. The van der Waals surface area contributed by atoms with E-state index in [1.165, 1.54) is 0 Å². The molecule has 0 aliphatic heterocycles. The van der Waals surface area contributed by atoms with Gasteiger partial charge in [0.15, 0.2) is 0 Å². The summed E-state index contributed by atoms with van der Waals surface area (Å²) in [5.74, 6) is 0.202. The highest BCUT2D eigenvalue weighted by Gasteiger charge is 2.37. The van der Waals surface area contributed by atoms with Gasteiger partial charge in [0.1, 0.15) is 18.0 Å². The van der Waals surface area contributed by atoms with Crippen LogP contribution >= 0.6 is 0 Å². The van der Waals surface area contributed by atoms with Crippen LogP contribution in [0.4, 0.5) is 0 Å². The minimum absolute atomic E-state index is 0.202. The van der Waals surface area contributed by atoms with Crippen LogP contribution < -0.4 is 5.22 Å². The lowest BCUT2D eigenvalue weighted by Crippen LogP contribution is -2.30. The second-order valence-corrected chi connectivity index (χ2v) is 6.91. The van der Waals surface area contributed by atoms with E-state index in [4.69, 9.17) is 0 Å². The molecule has 0 amide bonds. The molecule has 4 aromatic carbocycles. The highest BCUT2D eigenvalue weighted by atomic mass is 16.3. The SMILES string of the molecule is Oc1cccc2c1-c1cc3cccc4ccc5c(c1=C2[C@@H](O)[C@@H]5O)c43. The number of phenolic OH excluding ortho intramolecular Hbond substituents is 1. The van der Waals surface area contributed by atoms with Gasteiger partial charge in [0.05, 0.1) is 0 Å².